The van der Waals surface area contributed by atoms with Crippen LogP contribution in [0.4, 0.5) is 5.69 Å². The lowest BCUT2D eigenvalue weighted by molar-refractivity contribution is -0.136. The van der Waals surface area contributed by atoms with Crippen LogP contribution < -0.4 is 10.0 Å². The van der Waals surface area contributed by atoms with Crippen LogP contribution in [0.25, 0.3) is 0 Å². The summed E-state index contributed by atoms with van der Waals surface area (Å²) >= 11 is 0. The standard InChI is InChI=1S/C16H12N2O6S/c19-14(20)7-9-1-3-10(4-2-9)18-25(23,24)11-5-6-12-13(8-11)16(22)17-15(12)21/h1-6,8,18H,7H2,(H,19,20)(H,17,21,22). The molecular weight excluding hydrogens is 348 g/mol. The van der Waals surface area contributed by atoms with Gasteiger partial charge in [0.05, 0.1) is 22.4 Å². The summed E-state index contributed by atoms with van der Waals surface area (Å²) in [5.41, 5.74) is 0.907. The molecule has 3 N–H and O–H groups in total. The molecule has 0 saturated heterocycles. The Bertz CT molecular complexity index is 996. The van der Waals surface area contributed by atoms with E-state index >= 15 is 0 Å². The summed E-state index contributed by atoms with van der Waals surface area (Å²) in [6.45, 7) is 0. The number of carboxylic acid groups (broad SMARTS) is 1. The molecule has 1 heterocycles. The molecule has 2 aromatic carbocycles. The third-order valence-electron chi connectivity index (χ3n) is 3.58. The van der Waals surface area contributed by atoms with E-state index in [1.54, 1.807) is 0 Å². The van der Waals surface area contributed by atoms with Crippen LogP contribution >= 0.6 is 0 Å². The molecule has 0 unspecified atom stereocenters. The monoisotopic (exact) mass is 360 g/mol. The van der Waals surface area contributed by atoms with Crippen molar-refractivity contribution in [2.24, 2.45) is 0 Å². The molecule has 3 rings (SSSR count). The van der Waals surface area contributed by atoms with Crippen LogP contribution in [-0.2, 0) is 21.2 Å². The second-order valence-electron chi connectivity index (χ2n) is 5.36. The van der Waals surface area contributed by atoms with Gasteiger partial charge in [0.15, 0.2) is 0 Å². The van der Waals surface area contributed by atoms with Gasteiger partial charge in [-0.2, -0.15) is 0 Å². The minimum absolute atomic E-state index is 0.00433. The van der Waals surface area contributed by atoms with Crippen LogP contribution in [0.3, 0.4) is 0 Å². The van der Waals surface area contributed by atoms with E-state index in [1.807, 2.05) is 0 Å². The molecule has 25 heavy (non-hydrogen) atoms. The number of anilines is 1. The summed E-state index contributed by atoms with van der Waals surface area (Å²) in [6, 6.07) is 9.54. The fourth-order valence-electron chi connectivity index (χ4n) is 2.39. The lowest BCUT2D eigenvalue weighted by Crippen LogP contribution is -2.19. The average Bonchev–Trinajstić information content (AvgIpc) is 2.83. The van der Waals surface area contributed by atoms with Gasteiger partial charge >= 0.3 is 5.97 Å². The van der Waals surface area contributed by atoms with Crippen molar-refractivity contribution in [3.63, 3.8) is 0 Å². The Labute approximate surface area is 142 Å². The molecule has 9 heteroatoms. The minimum atomic E-state index is -3.97. The Morgan fingerprint density at radius 2 is 1.64 bits per heavy atom. The van der Waals surface area contributed by atoms with Gasteiger partial charge < -0.3 is 5.11 Å². The van der Waals surface area contributed by atoms with Gasteiger partial charge in [0.1, 0.15) is 0 Å². The third-order valence-corrected chi connectivity index (χ3v) is 4.96. The largest absolute Gasteiger partial charge is 0.481 e. The second kappa shape index (κ2) is 6.02. The average molecular weight is 360 g/mol. The van der Waals surface area contributed by atoms with E-state index in [4.69, 9.17) is 5.11 Å². The Hall–Kier alpha value is -3.20. The van der Waals surface area contributed by atoms with Gasteiger partial charge in [-0.1, -0.05) is 12.1 Å². The third kappa shape index (κ3) is 3.36. The predicted molar refractivity (Wildman–Crippen MR) is 86.8 cm³/mol. The van der Waals surface area contributed by atoms with Crippen LogP contribution in [0.15, 0.2) is 47.4 Å². The molecule has 0 saturated carbocycles. The molecule has 1 aliphatic heterocycles. The summed E-state index contributed by atoms with van der Waals surface area (Å²) < 4.78 is 27.2. The Morgan fingerprint density at radius 1 is 1.00 bits per heavy atom. The van der Waals surface area contributed by atoms with E-state index in [9.17, 15) is 22.8 Å². The molecular formula is C16H12N2O6S. The number of sulfonamides is 1. The van der Waals surface area contributed by atoms with Gasteiger partial charge in [-0.3, -0.25) is 24.4 Å². The van der Waals surface area contributed by atoms with Crippen molar-refractivity contribution >= 4 is 33.5 Å². The number of benzene rings is 2. The lowest BCUT2D eigenvalue weighted by Gasteiger charge is -2.09. The first-order chi connectivity index (χ1) is 11.8. The molecule has 1 aliphatic rings. The van der Waals surface area contributed by atoms with Gasteiger partial charge in [0.25, 0.3) is 21.8 Å². The first-order valence-corrected chi connectivity index (χ1v) is 8.58. The molecule has 0 bridgehead atoms. The number of imide groups is 1. The predicted octanol–water partition coefficient (Wildman–Crippen LogP) is 0.998. The molecule has 0 aliphatic carbocycles. The maximum Gasteiger partial charge on any atom is 0.307 e. The van der Waals surface area contributed by atoms with Gasteiger partial charge in [0.2, 0.25) is 0 Å². The molecule has 0 fully saturated rings. The molecule has 128 valence electrons. The molecule has 0 spiro atoms. The number of carbonyl (C=O) groups excluding carboxylic acids is 2. The molecule has 2 aromatic rings. The zero-order valence-corrected chi connectivity index (χ0v) is 13.5. The molecule has 0 aromatic heterocycles. The summed E-state index contributed by atoms with van der Waals surface area (Å²) in [6.07, 6.45) is -0.166. The normalized spacial score (nSPS) is 13.3. The van der Waals surface area contributed by atoms with Crippen LogP contribution in [0.1, 0.15) is 26.3 Å². The van der Waals surface area contributed by atoms with Gasteiger partial charge in [-0.25, -0.2) is 8.42 Å². The maximum absolute atomic E-state index is 12.4. The number of aliphatic carboxylic acids is 1. The van der Waals surface area contributed by atoms with Crippen molar-refractivity contribution in [3.8, 4) is 0 Å². The van der Waals surface area contributed by atoms with Gasteiger partial charge in [-0.05, 0) is 35.9 Å². The van der Waals surface area contributed by atoms with E-state index in [1.165, 1.54) is 36.4 Å². The van der Waals surface area contributed by atoms with Crippen molar-refractivity contribution < 1.29 is 27.9 Å². The number of nitrogens with one attached hydrogen (secondary N) is 2. The first-order valence-electron chi connectivity index (χ1n) is 7.09. The summed E-state index contributed by atoms with van der Waals surface area (Å²) in [5.74, 6) is -2.19. The SMILES string of the molecule is O=C(O)Cc1ccc(NS(=O)(=O)c2ccc3c(c2)C(=O)NC3=O)cc1. The number of hydrogen-bond donors (Lipinski definition) is 3. The van der Waals surface area contributed by atoms with E-state index < -0.39 is 27.8 Å². The molecule has 0 atom stereocenters. The van der Waals surface area contributed by atoms with Gasteiger partial charge in [0, 0.05) is 5.69 Å². The van der Waals surface area contributed by atoms with Crippen molar-refractivity contribution in [2.45, 2.75) is 11.3 Å². The summed E-state index contributed by atoms with van der Waals surface area (Å²) in [7, 11) is -3.97. The highest BCUT2D eigenvalue weighted by atomic mass is 32.2. The fourth-order valence-corrected chi connectivity index (χ4v) is 3.48. The number of carboxylic acids is 1. The van der Waals surface area contributed by atoms with Crippen LogP contribution in [0.2, 0.25) is 0 Å². The quantitative estimate of drug-likeness (QED) is 0.682. The van der Waals surface area contributed by atoms with E-state index in [0.717, 1.165) is 6.07 Å². The first kappa shape index (κ1) is 16.7. The number of hydrogen-bond acceptors (Lipinski definition) is 5. The summed E-state index contributed by atoms with van der Waals surface area (Å²) in [4.78, 5) is 33.6. The molecule has 8 nitrogen and oxygen atoms in total. The van der Waals surface area contributed by atoms with Crippen LogP contribution in [-0.4, -0.2) is 31.3 Å². The topological polar surface area (TPSA) is 130 Å². The van der Waals surface area contributed by atoms with Crippen molar-refractivity contribution in [3.05, 3.63) is 59.2 Å². The zero-order chi connectivity index (χ0) is 18.2. The zero-order valence-electron chi connectivity index (χ0n) is 12.6. The Morgan fingerprint density at radius 3 is 2.28 bits per heavy atom. The maximum atomic E-state index is 12.4. The highest BCUT2D eigenvalue weighted by Gasteiger charge is 2.28. The highest BCUT2D eigenvalue weighted by Crippen LogP contribution is 2.22. The molecule has 2 amide bonds. The van der Waals surface area contributed by atoms with Crippen molar-refractivity contribution in [1.29, 1.82) is 0 Å². The summed E-state index contributed by atoms with van der Waals surface area (Å²) in [5, 5.41) is 10.8. The van der Waals surface area contributed by atoms with E-state index in [0.29, 0.717) is 5.56 Å². The Balaban J connectivity index is 1.85. The number of rotatable bonds is 5. The Kier molecular flexibility index (Phi) is 4.01. The van der Waals surface area contributed by atoms with Crippen LogP contribution in [0.5, 0.6) is 0 Å². The number of carbonyl (C=O) groups is 3. The van der Waals surface area contributed by atoms with E-state index in [-0.39, 0.29) is 28.1 Å². The van der Waals surface area contributed by atoms with E-state index in [2.05, 4.69) is 10.0 Å². The minimum Gasteiger partial charge on any atom is -0.481 e. The van der Waals surface area contributed by atoms with Crippen molar-refractivity contribution in [1.82, 2.24) is 5.32 Å². The number of amides is 2. The van der Waals surface area contributed by atoms with Crippen LogP contribution in [0, 0.1) is 0 Å². The van der Waals surface area contributed by atoms with Crippen molar-refractivity contribution in [2.75, 3.05) is 4.72 Å². The number of fused-ring (bicyclic) bond motifs is 1. The van der Waals surface area contributed by atoms with Gasteiger partial charge in [-0.15, -0.1) is 0 Å². The smallest absolute Gasteiger partial charge is 0.307 e. The highest BCUT2D eigenvalue weighted by molar-refractivity contribution is 7.92. The lowest BCUT2D eigenvalue weighted by atomic mass is 10.1. The fraction of sp³-hybridized carbons (Fsp3) is 0.0625. The molecule has 0 radical (unpaired) electrons. The second-order valence-corrected chi connectivity index (χ2v) is 7.05.